The fourth-order valence-corrected chi connectivity index (χ4v) is 4.75. The van der Waals surface area contributed by atoms with E-state index >= 15 is 0 Å². The number of anilines is 2. The first-order valence-corrected chi connectivity index (χ1v) is 7.69. The van der Waals surface area contributed by atoms with E-state index in [1.54, 1.807) is 0 Å². The number of nitrogens with two attached hydrogens (primary N) is 1. The number of hydrogen-bond acceptors (Lipinski definition) is 3. The highest BCUT2D eigenvalue weighted by molar-refractivity contribution is 5.66. The number of nitrogen functional groups attached to an aromatic ring is 1. The van der Waals surface area contributed by atoms with E-state index in [4.69, 9.17) is 5.73 Å². The van der Waals surface area contributed by atoms with Crippen molar-refractivity contribution in [1.82, 2.24) is 9.78 Å². The number of nitrogens with zero attached hydrogens (tertiary/aromatic N) is 2. The average molecular weight is 260 g/mol. The molecule has 3 fully saturated rings. The van der Waals surface area contributed by atoms with Crippen molar-refractivity contribution in [1.29, 1.82) is 0 Å². The van der Waals surface area contributed by atoms with Gasteiger partial charge in [0.15, 0.2) is 0 Å². The van der Waals surface area contributed by atoms with Crippen LogP contribution >= 0.6 is 0 Å². The van der Waals surface area contributed by atoms with Gasteiger partial charge in [-0.1, -0.05) is 0 Å². The van der Waals surface area contributed by atoms with E-state index in [2.05, 4.69) is 28.9 Å². The van der Waals surface area contributed by atoms with Gasteiger partial charge in [0.2, 0.25) is 0 Å². The van der Waals surface area contributed by atoms with Crippen molar-refractivity contribution < 1.29 is 0 Å². The van der Waals surface area contributed by atoms with Crippen molar-refractivity contribution in [2.75, 3.05) is 11.1 Å². The van der Waals surface area contributed by atoms with Gasteiger partial charge >= 0.3 is 0 Å². The van der Waals surface area contributed by atoms with Gasteiger partial charge in [0.1, 0.15) is 5.82 Å². The van der Waals surface area contributed by atoms with E-state index in [-0.39, 0.29) is 0 Å². The molecule has 3 N–H and O–H groups in total. The Labute approximate surface area is 114 Å². The number of aryl methyl sites for hydroxylation is 1. The van der Waals surface area contributed by atoms with E-state index in [9.17, 15) is 0 Å². The minimum absolute atomic E-state index is 0.355. The summed E-state index contributed by atoms with van der Waals surface area (Å²) in [6, 6.07) is 1.02. The van der Waals surface area contributed by atoms with Crippen molar-refractivity contribution >= 4 is 11.5 Å². The van der Waals surface area contributed by atoms with Gasteiger partial charge in [-0.2, -0.15) is 5.10 Å². The molecule has 4 unspecified atom stereocenters. The highest BCUT2D eigenvalue weighted by Gasteiger charge is 2.65. The molecule has 3 aliphatic rings. The first-order chi connectivity index (χ1) is 9.08. The zero-order valence-electron chi connectivity index (χ0n) is 12.1. The Kier molecular flexibility index (Phi) is 2.25. The topological polar surface area (TPSA) is 55.9 Å². The Balaban J connectivity index is 1.58. The molecular weight excluding hydrogens is 236 g/mol. The predicted octanol–water partition coefficient (Wildman–Crippen LogP) is 2.81. The summed E-state index contributed by atoms with van der Waals surface area (Å²) in [6.45, 7) is 6.32. The van der Waals surface area contributed by atoms with Gasteiger partial charge in [-0.05, 0) is 63.7 Å². The molecular formula is C15H24N4. The lowest BCUT2D eigenvalue weighted by Crippen LogP contribution is -2.17. The molecule has 1 aromatic heterocycles. The minimum atomic E-state index is 0.355. The molecule has 1 aromatic rings. The van der Waals surface area contributed by atoms with Gasteiger partial charge in [0, 0.05) is 12.1 Å². The Bertz CT molecular complexity index is 502. The van der Waals surface area contributed by atoms with Gasteiger partial charge < -0.3 is 11.1 Å². The number of hydrogen-bond donors (Lipinski definition) is 2. The summed E-state index contributed by atoms with van der Waals surface area (Å²) in [5.41, 5.74) is 7.99. The van der Waals surface area contributed by atoms with Crippen molar-refractivity contribution in [3.05, 3.63) is 5.69 Å². The van der Waals surface area contributed by atoms with Crippen molar-refractivity contribution in [3.8, 4) is 0 Å². The van der Waals surface area contributed by atoms with Crippen LogP contribution in [-0.2, 0) is 0 Å². The maximum absolute atomic E-state index is 6.21. The molecule has 4 atom stereocenters. The largest absolute Gasteiger partial charge is 0.394 e. The van der Waals surface area contributed by atoms with Crippen LogP contribution in [0.1, 0.15) is 44.8 Å². The standard InChI is InChI=1S/C15H24N4/c1-7(2)19-15(13(16)8(3)18-19)17-14-11-9-4-5-10(6-9)12(11)14/h7,9-12,14,17H,4-6,16H2,1-3H3. The molecule has 4 nitrogen and oxygen atoms in total. The molecule has 3 saturated carbocycles. The predicted molar refractivity (Wildman–Crippen MR) is 77.0 cm³/mol. The number of rotatable bonds is 3. The lowest BCUT2D eigenvalue weighted by atomic mass is 10.0. The smallest absolute Gasteiger partial charge is 0.148 e. The zero-order chi connectivity index (χ0) is 13.3. The van der Waals surface area contributed by atoms with Gasteiger partial charge in [-0.3, -0.25) is 0 Å². The Morgan fingerprint density at radius 3 is 2.47 bits per heavy atom. The van der Waals surface area contributed by atoms with Crippen LogP contribution in [0.4, 0.5) is 11.5 Å². The molecule has 4 heteroatoms. The Morgan fingerprint density at radius 2 is 1.89 bits per heavy atom. The Hall–Kier alpha value is -1.19. The van der Waals surface area contributed by atoms with Gasteiger partial charge in [0.05, 0.1) is 11.4 Å². The van der Waals surface area contributed by atoms with E-state index in [1.165, 1.54) is 19.3 Å². The van der Waals surface area contributed by atoms with Crippen molar-refractivity contribution in [2.24, 2.45) is 23.7 Å². The second kappa shape index (κ2) is 3.68. The highest BCUT2D eigenvalue weighted by Crippen LogP contribution is 2.66. The minimum Gasteiger partial charge on any atom is -0.394 e. The van der Waals surface area contributed by atoms with E-state index < -0.39 is 0 Å². The van der Waals surface area contributed by atoms with E-state index in [0.717, 1.165) is 40.9 Å². The van der Waals surface area contributed by atoms with Crippen LogP contribution in [0.3, 0.4) is 0 Å². The molecule has 4 rings (SSSR count). The van der Waals surface area contributed by atoms with Crippen LogP contribution in [-0.4, -0.2) is 15.8 Å². The third kappa shape index (κ3) is 1.49. The highest BCUT2D eigenvalue weighted by atomic mass is 15.4. The quantitative estimate of drug-likeness (QED) is 0.878. The van der Waals surface area contributed by atoms with Crippen molar-refractivity contribution in [3.63, 3.8) is 0 Å². The third-order valence-electron chi connectivity index (χ3n) is 5.66. The van der Waals surface area contributed by atoms with Crippen LogP contribution < -0.4 is 11.1 Å². The lowest BCUT2D eigenvalue weighted by Gasteiger charge is -2.16. The van der Waals surface area contributed by atoms with Crippen LogP contribution in [0.15, 0.2) is 0 Å². The van der Waals surface area contributed by atoms with Crippen LogP contribution in [0.25, 0.3) is 0 Å². The maximum atomic E-state index is 6.21. The van der Waals surface area contributed by atoms with Crippen LogP contribution in [0.5, 0.6) is 0 Å². The molecule has 0 aliphatic heterocycles. The van der Waals surface area contributed by atoms with E-state index in [0.29, 0.717) is 12.1 Å². The van der Waals surface area contributed by atoms with Gasteiger partial charge in [-0.15, -0.1) is 0 Å². The summed E-state index contributed by atoms with van der Waals surface area (Å²) in [5, 5.41) is 8.30. The number of aromatic nitrogens is 2. The van der Waals surface area contributed by atoms with E-state index in [1.807, 2.05) is 6.92 Å². The third-order valence-corrected chi connectivity index (χ3v) is 5.66. The average Bonchev–Trinajstić information content (AvgIpc) is 2.71. The molecule has 0 aromatic carbocycles. The van der Waals surface area contributed by atoms with Gasteiger partial charge in [-0.25, -0.2) is 4.68 Å². The summed E-state index contributed by atoms with van der Waals surface area (Å²) in [4.78, 5) is 0. The zero-order valence-corrected chi connectivity index (χ0v) is 12.1. The fraction of sp³-hybridized carbons (Fsp3) is 0.800. The number of nitrogens with one attached hydrogen (secondary N) is 1. The summed E-state index contributed by atoms with van der Waals surface area (Å²) in [6.07, 6.45) is 4.41. The molecule has 0 amide bonds. The first-order valence-electron chi connectivity index (χ1n) is 7.69. The lowest BCUT2D eigenvalue weighted by molar-refractivity contribution is 0.456. The SMILES string of the molecule is Cc1nn(C(C)C)c(NC2C3C4CCC(C4)C23)c1N. The molecule has 0 spiro atoms. The number of fused-ring (bicyclic) bond motifs is 5. The molecule has 104 valence electrons. The maximum Gasteiger partial charge on any atom is 0.148 e. The van der Waals surface area contributed by atoms with Crippen molar-refractivity contribution in [2.45, 2.75) is 52.1 Å². The molecule has 0 radical (unpaired) electrons. The molecule has 1 heterocycles. The second-order valence-corrected chi connectivity index (χ2v) is 7.04. The molecule has 2 bridgehead atoms. The fourth-order valence-electron chi connectivity index (χ4n) is 4.75. The summed E-state index contributed by atoms with van der Waals surface area (Å²) in [5.74, 6) is 4.89. The normalized spacial score (nSPS) is 38.8. The molecule has 3 aliphatic carbocycles. The first kappa shape index (κ1) is 11.6. The van der Waals surface area contributed by atoms with Crippen LogP contribution in [0.2, 0.25) is 0 Å². The Morgan fingerprint density at radius 1 is 1.26 bits per heavy atom. The van der Waals surface area contributed by atoms with Crippen LogP contribution in [0, 0.1) is 30.6 Å². The summed E-state index contributed by atoms with van der Waals surface area (Å²) < 4.78 is 2.06. The monoisotopic (exact) mass is 260 g/mol. The molecule has 19 heavy (non-hydrogen) atoms. The second-order valence-electron chi connectivity index (χ2n) is 7.04. The summed E-state index contributed by atoms with van der Waals surface area (Å²) in [7, 11) is 0. The summed E-state index contributed by atoms with van der Waals surface area (Å²) >= 11 is 0. The molecule has 0 saturated heterocycles. The van der Waals surface area contributed by atoms with Gasteiger partial charge in [0.25, 0.3) is 0 Å².